The minimum Gasteiger partial charge on any atom is -0.492 e. The van der Waals surface area contributed by atoms with E-state index in [-0.39, 0.29) is 0 Å². The van der Waals surface area contributed by atoms with Crippen LogP contribution in [0.2, 0.25) is 0 Å². The lowest BCUT2D eigenvalue weighted by molar-refractivity contribution is 0.251. The second kappa shape index (κ2) is 6.14. The summed E-state index contributed by atoms with van der Waals surface area (Å²) in [6, 6.07) is 8.27. The first kappa shape index (κ1) is 12.5. The standard InChI is InChI=1S/C13H18N2O/c1-11-8-12(2)10-13(9-11)16-7-6-15(3)5-4-14/h8-10H,5-7H2,1-3H3. The van der Waals surface area contributed by atoms with E-state index in [1.807, 2.05) is 24.1 Å². The Morgan fingerprint density at radius 3 is 2.44 bits per heavy atom. The van der Waals surface area contributed by atoms with Crippen LogP contribution in [0, 0.1) is 25.2 Å². The fourth-order valence-corrected chi connectivity index (χ4v) is 1.54. The monoisotopic (exact) mass is 218 g/mol. The van der Waals surface area contributed by atoms with Crippen LogP contribution in [0.4, 0.5) is 0 Å². The van der Waals surface area contributed by atoms with Gasteiger partial charge in [0.15, 0.2) is 0 Å². The summed E-state index contributed by atoms with van der Waals surface area (Å²) in [7, 11) is 1.91. The van der Waals surface area contributed by atoms with Crippen LogP contribution in [-0.2, 0) is 0 Å². The number of aryl methyl sites for hydroxylation is 2. The highest BCUT2D eigenvalue weighted by molar-refractivity contribution is 5.32. The van der Waals surface area contributed by atoms with Crippen molar-refractivity contribution < 1.29 is 4.74 Å². The maximum absolute atomic E-state index is 8.49. The Hall–Kier alpha value is -1.53. The lowest BCUT2D eigenvalue weighted by Gasteiger charge is -2.13. The fourth-order valence-electron chi connectivity index (χ4n) is 1.54. The molecule has 0 aromatic heterocycles. The maximum Gasteiger partial charge on any atom is 0.119 e. The van der Waals surface area contributed by atoms with E-state index in [2.05, 4.69) is 26.0 Å². The highest BCUT2D eigenvalue weighted by atomic mass is 16.5. The van der Waals surface area contributed by atoms with Crippen LogP contribution in [0.5, 0.6) is 5.75 Å². The lowest BCUT2D eigenvalue weighted by atomic mass is 10.1. The molecule has 0 saturated carbocycles. The fraction of sp³-hybridized carbons (Fsp3) is 0.462. The molecule has 1 aromatic carbocycles. The third-order valence-corrected chi connectivity index (χ3v) is 2.28. The van der Waals surface area contributed by atoms with E-state index in [0.717, 1.165) is 12.3 Å². The van der Waals surface area contributed by atoms with Crippen molar-refractivity contribution >= 4 is 0 Å². The van der Waals surface area contributed by atoms with Gasteiger partial charge >= 0.3 is 0 Å². The molecule has 0 atom stereocenters. The number of hydrogen-bond donors (Lipinski definition) is 0. The quantitative estimate of drug-likeness (QED) is 0.710. The molecule has 0 saturated heterocycles. The molecule has 0 aliphatic carbocycles. The van der Waals surface area contributed by atoms with Crippen molar-refractivity contribution in [3.05, 3.63) is 29.3 Å². The molecule has 0 aliphatic rings. The van der Waals surface area contributed by atoms with E-state index in [1.54, 1.807) is 0 Å². The zero-order chi connectivity index (χ0) is 12.0. The molecule has 0 fully saturated rings. The zero-order valence-electron chi connectivity index (χ0n) is 10.2. The molecule has 0 N–H and O–H groups in total. The van der Waals surface area contributed by atoms with Gasteiger partial charge in [0, 0.05) is 6.54 Å². The van der Waals surface area contributed by atoms with Crippen molar-refractivity contribution in [3.63, 3.8) is 0 Å². The van der Waals surface area contributed by atoms with Crippen molar-refractivity contribution in [2.45, 2.75) is 13.8 Å². The number of likely N-dealkylation sites (N-methyl/N-ethyl adjacent to an activating group) is 1. The number of benzene rings is 1. The molecular formula is C13H18N2O. The Labute approximate surface area is 97.3 Å². The van der Waals surface area contributed by atoms with E-state index >= 15 is 0 Å². The molecule has 1 aromatic rings. The second-order valence-electron chi connectivity index (χ2n) is 4.07. The van der Waals surface area contributed by atoms with E-state index in [9.17, 15) is 0 Å². The topological polar surface area (TPSA) is 36.3 Å². The van der Waals surface area contributed by atoms with E-state index in [4.69, 9.17) is 10.00 Å². The van der Waals surface area contributed by atoms with E-state index in [1.165, 1.54) is 11.1 Å². The highest BCUT2D eigenvalue weighted by Crippen LogP contribution is 2.15. The molecule has 86 valence electrons. The van der Waals surface area contributed by atoms with Crippen LogP contribution >= 0.6 is 0 Å². The summed E-state index contributed by atoms with van der Waals surface area (Å²) in [4.78, 5) is 1.93. The SMILES string of the molecule is Cc1cc(C)cc(OCCN(C)CC#N)c1. The summed E-state index contributed by atoms with van der Waals surface area (Å²) in [5.74, 6) is 0.905. The second-order valence-corrected chi connectivity index (χ2v) is 4.07. The first-order chi connectivity index (χ1) is 7.61. The molecule has 3 nitrogen and oxygen atoms in total. The van der Waals surface area contributed by atoms with Crippen LogP contribution in [0.25, 0.3) is 0 Å². The zero-order valence-corrected chi connectivity index (χ0v) is 10.2. The van der Waals surface area contributed by atoms with E-state index in [0.29, 0.717) is 13.2 Å². The number of ether oxygens (including phenoxy) is 1. The smallest absolute Gasteiger partial charge is 0.119 e. The number of rotatable bonds is 5. The molecule has 0 aliphatic heterocycles. The largest absolute Gasteiger partial charge is 0.492 e. The van der Waals surface area contributed by atoms with Gasteiger partial charge in [-0.05, 0) is 44.2 Å². The van der Waals surface area contributed by atoms with Crippen molar-refractivity contribution in [2.24, 2.45) is 0 Å². The van der Waals surface area contributed by atoms with Crippen LogP contribution in [-0.4, -0.2) is 31.6 Å². The van der Waals surface area contributed by atoms with Crippen LogP contribution in [0.1, 0.15) is 11.1 Å². The highest BCUT2D eigenvalue weighted by Gasteiger charge is 1.99. The summed E-state index contributed by atoms with van der Waals surface area (Å²) < 4.78 is 5.63. The molecule has 0 heterocycles. The number of nitrogens with zero attached hydrogens (tertiary/aromatic N) is 2. The summed E-state index contributed by atoms with van der Waals surface area (Å²) in [6.45, 7) is 5.93. The third-order valence-electron chi connectivity index (χ3n) is 2.28. The lowest BCUT2D eigenvalue weighted by Crippen LogP contribution is -2.24. The molecule has 1 rings (SSSR count). The molecule has 0 amide bonds. The Morgan fingerprint density at radius 1 is 1.25 bits per heavy atom. The van der Waals surface area contributed by atoms with Crippen LogP contribution < -0.4 is 4.74 Å². The average molecular weight is 218 g/mol. The molecule has 16 heavy (non-hydrogen) atoms. The predicted octanol–water partition coefficient (Wildman–Crippen LogP) is 2.14. The normalized spacial score (nSPS) is 10.2. The summed E-state index contributed by atoms with van der Waals surface area (Å²) >= 11 is 0. The van der Waals surface area contributed by atoms with Crippen LogP contribution in [0.3, 0.4) is 0 Å². The molecule has 3 heteroatoms. The van der Waals surface area contributed by atoms with Gasteiger partial charge in [-0.25, -0.2) is 0 Å². The van der Waals surface area contributed by atoms with Crippen molar-refractivity contribution in [1.29, 1.82) is 5.26 Å². The summed E-state index contributed by atoms with van der Waals surface area (Å²) in [5, 5.41) is 8.49. The minimum absolute atomic E-state index is 0.441. The van der Waals surface area contributed by atoms with Gasteiger partial charge in [-0.1, -0.05) is 6.07 Å². The first-order valence-electron chi connectivity index (χ1n) is 5.38. The van der Waals surface area contributed by atoms with E-state index < -0.39 is 0 Å². The Balaban J connectivity index is 2.40. The summed E-state index contributed by atoms with van der Waals surface area (Å²) in [5.41, 5.74) is 2.42. The average Bonchev–Trinajstić information content (AvgIpc) is 2.16. The number of hydrogen-bond acceptors (Lipinski definition) is 3. The number of nitriles is 1. The van der Waals surface area contributed by atoms with Gasteiger partial charge in [-0.2, -0.15) is 5.26 Å². The van der Waals surface area contributed by atoms with Gasteiger partial charge < -0.3 is 4.74 Å². The van der Waals surface area contributed by atoms with Crippen molar-refractivity contribution in [1.82, 2.24) is 4.90 Å². The Morgan fingerprint density at radius 2 is 1.88 bits per heavy atom. The molecular weight excluding hydrogens is 200 g/mol. The molecule has 0 unspecified atom stereocenters. The predicted molar refractivity (Wildman–Crippen MR) is 64.5 cm³/mol. The summed E-state index contributed by atoms with van der Waals surface area (Å²) in [6.07, 6.45) is 0. The van der Waals surface area contributed by atoms with Gasteiger partial charge in [0.2, 0.25) is 0 Å². The van der Waals surface area contributed by atoms with Gasteiger partial charge in [0.25, 0.3) is 0 Å². The van der Waals surface area contributed by atoms with Crippen molar-refractivity contribution in [2.75, 3.05) is 26.7 Å². The Bertz CT molecular complexity index is 362. The first-order valence-corrected chi connectivity index (χ1v) is 5.38. The third kappa shape index (κ3) is 4.33. The van der Waals surface area contributed by atoms with Gasteiger partial charge in [-0.3, -0.25) is 4.90 Å². The van der Waals surface area contributed by atoms with Gasteiger partial charge in [0.05, 0.1) is 12.6 Å². The molecule has 0 spiro atoms. The molecule has 0 bridgehead atoms. The maximum atomic E-state index is 8.49. The molecule has 0 radical (unpaired) electrons. The van der Waals surface area contributed by atoms with Gasteiger partial charge in [-0.15, -0.1) is 0 Å². The minimum atomic E-state index is 0.441. The van der Waals surface area contributed by atoms with Crippen molar-refractivity contribution in [3.8, 4) is 11.8 Å². The van der Waals surface area contributed by atoms with Crippen LogP contribution in [0.15, 0.2) is 18.2 Å². The van der Waals surface area contributed by atoms with Gasteiger partial charge in [0.1, 0.15) is 12.4 Å². The Kier molecular flexibility index (Phi) is 4.81.